The first-order valence-corrected chi connectivity index (χ1v) is 16.9. The van der Waals surface area contributed by atoms with Crippen molar-refractivity contribution in [2.75, 3.05) is 30.3 Å². The normalized spacial score (nSPS) is 17.2. The molecule has 162 valence electrons. The Morgan fingerprint density at radius 2 is 1.67 bits per heavy atom. The van der Waals surface area contributed by atoms with Gasteiger partial charge < -0.3 is 5.21 Å². The van der Waals surface area contributed by atoms with Crippen LogP contribution in [0.2, 0.25) is 25.7 Å². The van der Waals surface area contributed by atoms with Gasteiger partial charge in [0, 0.05) is 44.5 Å². The zero-order chi connectivity index (χ0) is 22.1. The molecule has 2 saturated heterocycles. The van der Waals surface area contributed by atoms with Crippen molar-refractivity contribution in [2.24, 2.45) is 0 Å². The molecule has 2 aliphatic rings. The molecule has 1 aromatic rings. The third kappa shape index (κ3) is 5.39. The number of nitrogens with zero attached hydrogens (tertiary/aromatic N) is 3. The average molecular weight is 518 g/mol. The van der Waals surface area contributed by atoms with E-state index in [2.05, 4.69) is 19.6 Å². The quantitative estimate of drug-likeness (QED) is 0.186. The van der Waals surface area contributed by atoms with E-state index in [1.165, 1.54) is 51.2 Å². The topological polar surface area (TPSA) is 67.6 Å². The Bertz CT molecular complexity index is 906. The molecule has 0 aromatic carbocycles. The number of thiocarbonyl (C=S) groups is 2. The molecule has 2 amide bonds. The van der Waals surface area contributed by atoms with Gasteiger partial charge in [-0.25, -0.2) is 0 Å². The summed E-state index contributed by atoms with van der Waals surface area (Å²) in [6, 6.07) is 4.01. The predicted molar refractivity (Wildman–Crippen MR) is 136 cm³/mol. The molecule has 0 saturated carbocycles. The van der Waals surface area contributed by atoms with Crippen LogP contribution < -0.4 is 4.73 Å². The lowest BCUT2D eigenvalue weighted by Crippen LogP contribution is -2.45. The minimum absolute atomic E-state index is 0.00900. The van der Waals surface area contributed by atoms with Crippen molar-refractivity contribution in [3.8, 4) is 0 Å². The van der Waals surface area contributed by atoms with Gasteiger partial charge in [0.05, 0.1) is 0 Å². The van der Waals surface area contributed by atoms with Gasteiger partial charge in [-0.3, -0.25) is 19.4 Å². The SMILES string of the molecule is C[Si](C)(C)CCSc1c(C(=O)N2CCSC2=S)ccc(C(=O)N2CCSC2=S)[n+]1[O-]. The summed E-state index contributed by atoms with van der Waals surface area (Å²) in [4.78, 5) is 29.0. The number of carbonyl (C=O) groups excluding carboxylic acids is 2. The predicted octanol–water partition coefficient (Wildman–Crippen LogP) is 3.70. The van der Waals surface area contributed by atoms with E-state index in [1.54, 1.807) is 6.07 Å². The minimum Gasteiger partial charge on any atom is -0.617 e. The molecule has 2 aliphatic heterocycles. The third-order valence-corrected chi connectivity index (χ3v) is 10.6. The van der Waals surface area contributed by atoms with Crippen LogP contribution in [0.5, 0.6) is 0 Å². The molecule has 6 nitrogen and oxygen atoms in total. The summed E-state index contributed by atoms with van der Waals surface area (Å²) in [7, 11) is -1.32. The Labute approximate surface area is 201 Å². The fraction of sp³-hybridized carbons (Fsp3) is 0.500. The maximum Gasteiger partial charge on any atom is 0.325 e. The number of hydrogen-bond donors (Lipinski definition) is 0. The first kappa shape index (κ1) is 24.0. The first-order chi connectivity index (χ1) is 14.1. The molecule has 3 rings (SSSR count). The second-order valence-corrected chi connectivity index (χ2v) is 18.2. The van der Waals surface area contributed by atoms with E-state index < -0.39 is 14.0 Å². The van der Waals surface area contributed by atoms with Crippen LogP contribution in [0, 0.1) is 5.21 Å². The highest BCUT2D eigenvalue weighted by Crippen LogP contribution is 2.28. The van der Waals surface area contributed by atoms with Crippen LogP contribution in [0.1, 0.15) is 20.8 Å². The second kappa shape index (κ2) is 9.86. The lowest BCUT2D eigenvalue weighted by molar-refractivity contribution is -0.648. The number of thioether (sulfide) groups is 3. The Morgan fingerprint density at radius 1 is 1.10 bits per heavy atom. The highest BCUT2D eigenvalue weighted by molar-refractivity contribution is 8.23. The summed E-state index contributed by atoms with van der Waals surface area (Å²) in [5, 5.41) is 13.5. The number of aromatic nitrogens is 1. The number of amides is 2. The zero-order valence-corrected chi connectivity index (χ0v) is 22.1. The lowest BCUT2D eigenvalue weighted by atomic mass is 10.2. The van der Waals surface area contributed by atoms with Crippen molar-refractivity contribution in [1.29, 1.82) is 0 Å². The summed E-state index contributed by atoms with van der Waals surface area (Å²) in [5.41, 5.74) is 0.288. The van der Waals surface area contributed by atoms with Crippen molar-refractivity contribution >= 4 is 88.3 Å². The van der Waals surface area contributed by atoms with Crippen LogP contribution in [-0.2, 0) is 0 Å². The minimum atomic E-state index is -1.32. The molecule has 0 spiro atoms. The van der Waals surface area contributed by atoms with Crippen LogP contribution in [0.3, 0.4) is 0 Å². The maximum absolute atomic E-state index is 13.3. The summed E-state index contributed by atoms with van der Waals surface area (Å²) in [5.74, 6) is 1.49. The van der Waals surface area contributed by atoms with Gasteiger partial charge in [-0.1, -0.05) is 79.4 Å². The van der Waals surface area contributed by atoms with E-state index in [4.69, 9.17) is 24.4 Å². The fourth-order valence-corrected chi connectivity index (χ4v) is 8.85. The van der Waals surface area contributed by atoms with Gasteiger partial charge >= 0.3 is 5.91 Å². The van der Waals surface area contributed by atoms with Crippen LogP contribution in [0.25, 0.3) is 0 Å². The van der Waals surface area contributed by atoms with Gasteiger partial charge in [0.15, 0.2) is 0 Å². The van der Waals surface area contributed by atoms with Gasteiger partial charge in [-0.05, 0) is 12.1 Å². The maximum atomic E-state index is 13.3. The van der Waals surface area contributed by atoms with E-state index in [9.17, 15) is 14.8 Å². The molecule has 30 heavy (non-hydrogen) atoms. The highest BCUT2D eigenvalue weighted by atomic mass is 32.2. The first-order valence-electron chi connectivity index (χ1n) is 9.47. The zero-order valence-electron chi connectivity index (χ0n) is 17.0. The summed E-state index contributed by atoms with van der Waals surface area (Å²) in [6.07, 6.45) is 0. The molecule has 0 atom stereocenters. The van der Waals surface area contributed by atoms with Crippen molar-refractivity contribution in [3.63, 3.8) is 0 Å². The van der Waals surface area contributed by atoms with Crippen LogP contribution in [0.15, 0.2) is 17.2 Å². The molecular weight excluding hydrogens is 495 g/mol. The van der Waals surface area contributed by atoms with Crippen LogP contribution in [-0.4, -0.2) is 68.7 Å². The molecule has 3 heterocycles. The molecule has 0 N–H and O–H groups in total. The number of rotatable bonds is 6. The summed E-state index contributed by atoms with van der Waals surface area (Å²) >= 11 is 14.7. The molecule has 12 heteroatoms. The number of carbonyl (C=O) groups is 2. The number of hydrogen-bond acceptors (Lipinski definition) is 8. The smallest absolute Gasteiger partial charge is 0.325 e. The highest BCUT2D eigenvalue weighted by Gasteiger charge is 2.35. The summed E-state index contributed by atoms with van der Waals surface area (Å²) < 4.78 is 1.62. The Kier molecular flexibility index (Phi) is 7.89. The van der Waals surface area contributed by atoms with E-state index in [-0.39, 0.29) is 16.6 Å². The molecular formula is C18H23N3O3S5Si. The van der Waals surface area contributed by atoms with Crippen molar-refractivity contribution in [1.82, 2.24) is 9.80 Å². The van der Waals surface area contributed by atoms with E-state index in [1.807, 2.05) is 0 Å². The lowest BCUT2D eigenvalue weighted by Gasteiger charge is -2.20. The Hall–Kier alpha value is -0.663. The number of pyridine rings is 1. The van der Waals surface area contributed by atoms with Gasteiger partial charge in [0.2, 0.25) is 0 Å². The van der Waals surface area contributed by atoms with Crippen LogP contribution >= 0.6 is 59.7 Å². The summed E-state index contributed by atoms with van der Waals surface area (Å²) in [6.45, 7) is 7.80. The Morgan fingerprint density at radius 3 is 2.17 bits per heavy atom. The van der Waals surface area contributed by atoms with Crippen molar-refractivity contribution in [3.05, 3.63) is 28.6 Å². The van der Waals surface area contributed by atoms with E-state index >= 15 is 0 Å². The van der Waals surface area contributed by atoms with E-state index in [0.717, 1.165) is 17.5 Å². The van der Waals surface area contributed by atoms with Gasteiger partial charge in [0.25, 0.3) is 16.6 Å². The molecule has 0 aliphatic carbocycles. The Balaban J connectivity index is 1.96. The molecule has 2 fully saturated rings. The van der Waals surface area contributed by atoms with Crippen molar-refractivity contribution in [2.45, 2.75) is 30.7 Å². The monoisotopic (exact) mass is 517 g/mol. The van der Waals surface area contributed by atoms with Gasteiger partial charge in [-0.15, -0.1) is 0 Å². The average Bonchev–Trinajstić information content (AvgIpc) is 3.29. The van der Waals surface area contributed by atoms with Gasteiger partial charge in [0.1, 0.15) is 14.2 Å². The molecule has 0 unspecified atom stereocenters. The van der Waals surface area contributed by atoms with E-state index in [0.29, 0.717) is 37.8 Å². The molecule has 0 bridgehead atoms. The van der Waals surface area contributed by atoms with Gasteiger partial charge in [-0.2, -0.15) is 4.73 Å². The molecule has 1 aromatic heterocycles. The third-order valence-electron chi connectivity index (χ3n) is 4.59. The standard InChI is InChI=1S/C18H23N3O3S5Si/c1-30(2,3)11-10-27-16-12(14(22)19-6-8-28-17(19)25)4-5-13(21(16)24)15(23)20-7-9-29-18(20)26/h4-5H,6-11H2,1-3H3. The van der Waals surface area contributed by atoms with Crippen LogP contribution in [0.4, 0.5) is 0 Å². The largest absolute Gasteiger partial charge is 0.617 e. The molecule has 0 radical (unpaired) electrons. The fourth-order valence-electron chi connectivity index (χ4n) is 2.87. The second-order valence-electron chi connectivity index (χ2n) is 8.03. The van der Waals surface area contributed by atoms with Crippen molar-refractivity contribution < 1.29 is 14.3 Å².